The maximum absolute atomic E-state index is 11.0. The highest BCUT2D eigenvalue weighted by atomic mass is 16.5. The van der Waals surface area contributed by atoms with Crippen molar-refractivity contribution >= 4 is 5.91 Å². The molecule has 5 N–H and O–H groups in total. The maximum Gasteiger partial charge on any atom is 0.237 e. The number of benzene rings is 1. The van der Waals surface area contributed by atoms with E-state index in [-0.39, 0.29) is 6.61 Å². The van der Waals surface area contributed by atoms with Gasteiger partial charge in [-0.2, -0.15) is 0 Å². The van der Waals surface area contributed by atoms with Crippen LogP contribution >= 0.6 is 0 Å². The molecule has 19 heavy (non-hydrogen) atoms. The van der Waals surface area contributed by atoms with Crippen molar-refractivity contribution in [2.45, 2.75) is 38.3 Å². The summed E-state index contributed by atoms with van der Waals surface area (Å²) in [5.74, 6) is 0.203. The predicted molar refractivity (Wildman–Crippen MR) is 73.5 cm³/mol. The molecule has 106 valence electrons. The van der Waals surface area contributed by atoms with Gasteiger partial charge in [0.1, 0.15) is 5.75 Å². The van der Waals surface area contributed by atoms with Crippen LogP contribution in [0.5, 0.6) is 5.75 Å². The number of hydrogen-bond acceptors (Lipinski definition) is 4. The van der Waals surface area contributed by atoms with Gasteiger partial charge in [-0.1, -0.05) is 18.2 Å². The van der Waals surface area contributed by atoms with Crippen LogP contribution in [-0.2, 0) is 11.4 Å². The van der Waals surface area contributed by atoms with E-state index >= 15 is 0 Å². The Morgan fingerprint density at radius 2 is 2.05 bits per heavy atom. The predicted octanol–water partition coefficient (Wildman–Crippen LogP) is 0.931. The number of primary amides is 1. The molecule has 0 fully saturated rings. The molecule has 0 aliphatic carbocycles. The van der Waals surface area contributed by atoms with Crippen LogP contribution in [0.1, 0.15) is 31.7 Å². The highest BCUT2D eigenvalue weighted by molar-refractivity contribution is 5.83. The Hall–Kier alpha value is -1.59. The molecule has 0 heterocycles. The Morgan fingerprint density at radius 1 is 1.37 bits per heavy atom. The molecular weight excluding hydrogens is 244 g/mol. The molecule has 1 aromatic carbocycles. The van der Waals surface area contributed by atoms with Crippen molar-refractivity contribution in [3.63, 3.8) is 0 Å². The van der Waals surface area contributed by atoms with Crippen LogP contribution in [0.4, 0.5) is 0 Å². The van der Waals surface area contributed by atoms with Gasteiger partial charge >= 0.3 is 0 Å². The number of nitrogens with two attached hydrogens (primary N) is 2. The highest BCUT2D eigenvalue weighted by Gasteiger charge is 2.24. The van der Waals surface area contributed by atoms with E-state index in [0.717, 1.165) is 18.4 Å². The second kappa shape index (κ2) is 7.11. The van der Waals surface area contributed by atoms with Gasteiger partial charge in [-0.3, -0.25) is 4.79 Å². The van der Waals surface area contributed by atoms with Crippen LogP contribution in [-0.4, -0.2) is 23.2 Å². The van der Waals surface area contributed by atoms with Crippen molar-refractivity contribution in [2.75, 3.05) is 6.61 Å². The zero-order chi connectivity index (χ0) is 14.3. The smallest absolute Gasteiger partial charge is 0.237 e. The third kappa shape index (κ3) is 4.89. The average molecular weight is 266 g/mol. The normalized spacial score (nSPS) is 13.8. The van der Waals surface area contributed by atoms with E-state index in [1.807, 2.05) is 24.3 Å². The van der Waals surface area contributed by atoms with Crippen molar-refractivity contribution in [3.05, 3.63) is 29.8 Å². The van der Waals surface area contributed by atoms with Gasteiger partial charge in [-0.15, -0.1) is 0 Å². The molecule has 5 heteroatoms. The highest BCUT2D eigenvalue weighted by Crippen LogP contribution is 2.18. The van der Waals surface area contributed by atoms with E-state index in [1.54, 1.807) is 6.92 Å². The number of aliphatic hydroxyl groups excluding tert-OH is 1. The lowest BCUT2D eigenvalue weighted by molar-refractivity contribution is -0.122. The molecule has 0 bridgehead atoms. The average Bonchev–Trinajstić information content (AvgIpc) is 2.38. The van der Waals surface area contributed by atoms with Crippen molar-refractivity contribution in [1.82, 2.24) is 0 Å². The SMILES string of the molecule is CC(N)(CCCCOc1ccccc1CO)C(N)=O. The molecule has 0 aromatic heterocycles. The first-order chi connectivity index (χ1) is 8.97. The van der Waals surface area contributed by atoms with Crippen LogP contribution in [0.3, 0.4) is 0 Å². The number of carbonyl (C=O) groups excluding carboxylic acids is 1. The summed E-state index contributed by atoms with van der Waals surface area (Å²) in [6.07, 6.45) is 2.07. The van der Waals surface area contributed by atoms with Gasteiger partial charge in [-0.05, 0) is 32.3 Å². The number of hydrogen-bond donors (Lipinski definition) is 3. The molecule has 0 spiro atoms. The topological polar surface area (TPSA) is 98.6 Å². The Morgan fingerprint density at radius 3 is 2.68 bits per heavy atom. The maximum atomic E-state index is 11.0. The van der Waals surface area contributed by atoms with E-state index < -0.39 is 11.4 Å². The van der Waals surface area contributed by atoms with E-state index in [4.69, 9.17) is 21.3 Å². The minimum atomic E-state index is -0.955. The lowest BCUT2D eigenvalue weighted by Gasteiger charge is -2.20. The first kappa shape index (κ1) is 15.5. The van der Waals surface area contributed by atoms with Gasteiger partial charge < -0.3 is 21.3 Å². The van der Waals surface area contributed by atoms with Crippen LogP contribution in [0.25, 0.3) is 0 Å². The monoisotopic (exact) mass is 266 g/mol. The minimum Gasteiger partial charge on any atom is -0.493 e. The molecule has 0 aliphatic rings. The second-order valence-corrected chi connectivity index (χ2v) is 4.85. The number of aliphatic hydroxyl groups is 1. The largest absolute Gasteiger partial charge is 0.493 e. The number of unbranched alkanes of at least 4 members (excludes halogenated alkanes) is 1. The van der Waals surface area contributed by atoms with E-state index in [0.29, 0.717) is 18.8 Å². The zero-order valence-electron chi connectivity index (χ0n) is 11.3. The van der Waals surface area contributed by atoms with Crippen LogP contribution in [0.2, 0.25) is 0 Å². The fraction of sp³-hybridized carbons (Fsp3) is 0.500. The van der Waals surface area contributed by atoms with Gasteiger partial charge in [0.25, 0.3) is 0 Å². The number of amides is 1. The summed E-state index contributed by atoms with van der Waals surface area (Å²) in [5, 5.41) is 9.14. The molecule has 1 aromatic rings. The molecule has 1 unspecified atom stereocenters. The quantitative estimate of drug-likeness (QED) is 0.609. The van der Waals surface area contributed by atoms with Gasteiger partial charge in [0.15, 0.2) is 0 Å². The van der Waals surface area contributed by atoms with Gasteiger partial charge in [0.05, 0.1) is 18.8 Å². The van der Waals surface area contributed by atoms with Gasteiger partial charge in [0, 0.05) is 5.56 Å². The summed E-state index contributed by atoms with van der Waals surface area (Å²) in [6, 6.07) is 7.35. The molecule has 1 atom stereocenters. The summed E-state index contributed by atoms with van der Waals surface area (Å²) >= 11 is 0. The molecule has 0 saturated heterocycles. The lowest BCUT2D eigenvalue weighted by Crippen LogP contribution is -2.49. The second-order valence-electron chi connectivity index (χ2n) is 4.85. The fourth-order valence-electron chi connectivity index (χ4n) is 1.67. The Balaban J connectivity index is 2.30. The first-order valence-corrected chi connectivity index (χ1v) is 6.37. The lowest BCUT2D eigenvalue weighted by atomic mass is 9.96. The molecule has 0 aliphatic heterocycles. The van der Waals surface area contributed by atoms with E-state index in [9.17, 15) is 4.79 Å². The minimum absolute atomic E-state index is 0.0429. The zero-order valence-corrected chi connectivity index (χ0v) is 11.3. The standard InChI is InChI=1S/C14H22N2O3/c1-14(16,13(15)18)8-4-5-9-19-12-7-3-2-6-11(12)10-17/h2-3,6-7,17H,4-5,8-10,16H2,1H3,(H2,15,18). The van der Waals surface area contributed by atoms with Crippen molar-refractivity contribution in [2.24, 2.45) is 11.5 Å². The number of ether oxygens (including phenoxy) is 1. The molecule has 1 amide bonds. The molecule has 5 nitrogen and oxygen atoms in total. The van der Waals surface area contributed by atoms with E-state index in [1.165, 1.54) is 0 Å². The third-order valence-corrected chi connectivity index (χ3v) is 3.05. The summed E-state index contributed by atoms with van der Waals surface area (Å²) in [7, 11) is 0. The summed E-state index contributed by atoms with van der Waals surface area (Å²) in [6.45, 7) is 2.11. The summed E-state index contributed by atoms with van der Waals surface area (Å²) in [5.41, 5.74) is 10.8. The third-order valence-electron chi connectivity index (χ3n) is 3.05. The fourth-order valence-corrected chi connectivity index (χ4v) is 1.67. The molecule has 1 rings (SSSR count). The number of para-hydroxylation sites is 1. The first-order valence-electron chi connectivity index (χ1n) is 6.37. The van der Waals surface area contributed by atoms with Gasteiger partial charge in [0.2, 0.25) is 5.91 Å². The number of carbonyl (C=O) groups is 1. The van der Waals surface area contributed by atoms with Crippen LogP contribution in [0.15, 0.2) is 24.3 Å². The number of rotatable bonds is 8. The van der Waals surface area contributed by atoms with Crippen LogP contribution in [0, 0.1) is 0 Å². The Bertz CT molecular complexity index is 419. The molecule has 0 radical (unpaired) electrons. The van der Waals surface area contributed by atoms with Crippen molar-refractivity contribution in [3.8, 4) is 5.75 Å². The van der Waals surface area contributed by atoms with Gasteiger partial charge in [-0.25, -0.2) is 0 Å². The van der Waals surface area contributed by atoms with Crippen molar-refractivity contribution < 1.29 is 14.6 Å². The summed E-state index contributed by atoms with van der Waals surface area (Å²) in [4.78, 5) is 11.0. The van der Waals surface area contributed by atoms with Crippen molar-refractivity contribution in [1.29, 1.82) is 0 Å². The Labute approximate surface area is 113 Å². The Kier molecular flexibility index (Phi) is 5.79. The van der Waals surface area contributed by atoms with Crippen LogP contribution < -0.4 is 16.2 Å². The van der Waals surface area contributed by atoms with E-state index in [2.05, 4.69) is 0 Å². The molecule has 0 saturated carbocycles. The summed E-state index contributed by atoms with van der Waals surface area (Å²) < 4.78 is 5.59. The molecular formula is C14H22N2O3.